The van der Waals surface area contributed by atoms with E-state index in [0.29, 0.717) is 19.8 Å². The van der Waals surface area contributed by atoms with Crippen LogP contribution in [-0.4, -0.2) is 49.0 Å². The highest BCUT2D eigenvalue weighted by Gasteiger charge is 2.34. The number of sulfone groups is 1. The van der Waals surface area contributed by atoms with Crippen LogP contribution in [0.2, 0.25) is 0 Å². The van der Waals surface area contributed by atoms with Crippen LogP contribution in [0.1, 0.15) is 18.9 Å². The topological polar surface area (TPSA) is 82.5 Å². The predicted molar refractivity (Wildman–Crippen MR) is 103 cm³/mol. The second-order valence-corrected chi connectivity index (χ2v) is 9.58. The maximum atomic E-state index is 11.8. The molecule has 0 unspecified atom stereocenters. The fraction of sp³-hybridized carbons (Fsp3) is 0.526. The van der Waals surface area contributed by atoms with Crippen LogP contribution < -0.4 is 14.8 Å². The van der Waals surface area contributed by atoms with Gasteiger partial charge in [0.15, 0.2) is 21.3 Å². The Balaban J connectivity index is 1.56. The van der Waals surface area contributed by atoms with Crippen molar-refractivity contribution in [3.8, 4) is 22.8 Å². The standard InChI is InChI=1S/C19H25N3O4S/c1-13-11-27(23,24)12-16(13)20-9-15-10-22(2)21-19(15)14-4-5-17-18(8-14)26-7-3-6-25-17/h4-5,8,10,13,16,20H,3,6-7,9,11-12H2,1-2H3/t13-,16+/m0/s1. The van der Waals surface area contributed by atoms with Gasteiger partial charge in [-0.25, -0.2) is 8.42 Å². The van der Waals surface area contributed by atoms with E-state index in [1.54, 1.807) is 4.68 Å². The van der Waals surface area contributed by atoms with Gasteiger partial charge >= 0.3 is 0 Å². The first-order valence-electron chi connectivity index (χ1n) is 9.27. The van der Waals surface area contributed by atoms with Gasteiger partial charge in [-0.05, 0) is 24.1 Å². The molecule has 0 amide bonds. The molecule has 4 rings (SSSR count). The monoisotopic (exact) mass is 391 g/mol. The summed E-state index contributed by atoms with van der Waals surface area (Å²) in [6, 6.07) is 5.86. The highest BCUT2D eigenvalue weighted by atomic mass is 32.2. The van der Waals surface area contributed by atoms with Crippen molar-refractivity contribution in [3.05, 3.63) is 30.0 Å². The van der Waals surface area contributed by atoms with Crippen LogP contribution in [0, 0.1) is 5.92 Å². The number of ether oxygens (including phenoxy) is 2. The Kier molecular flexibility index (Phi) is 4.86. The molecule has 146 valence electrons. The molecule has 1 N–H and O–H groups in total. The molecule has 7 nitrogen and oxygen atoms in total. The molecule has 0 spiro atoms. The lowest BCUT2D eigenvalue weighted by molar-refractivity contribution is 0.297. The fourth-order valence-corrected chi connectivity index (χ4v) is 5.91. The Hall–Kier alpha value is -2.06. The molecular formula is C19H25N3O4S. The summed E-state index contributed by atoms with van der Waals surface area (Å²) in [5.41, 5.74) is 2.86. The zero-order valence-electron chi connectivity index (χ0n) is 15.6. The first kappa shape index (κ1) is 18.3. The van der Waals surface area contributed by atoms with Crippen LogP contribution in [-0.2, 0) is 23.4 Å². The molecule has 1 saturated heterocycles. The molecular weight excluding hydrogens is 366 g/mol. The molecule has 0 radical (unpaired) electrons. The molecule has 2 aliphatic rings. The summed E-state index contributed by atoms with van der Waals surface area (Å²) in [5.74, 6) is 2.08. The van der Waals surface area contributed by atoms with E-state index >= 15 is 0 Å². The fourth-order valence-electron chi connectivity index (χ4n) is 3.74. The lowest BCUT2D eigenvalue weighted by atomic mass is 10.0. The number of hydrogen-bond acceptors (Lipinski definition) is 6. The van der Waals surface area contributed by atoms with Crippen LogP contribution >= 0.6 is 0 Å². The van der Waals surface area contributed by atoms with E-state index in [9.17, 15) is 8.42 Å². The average molecular weight is 391 g/mol. The molecule has 2 aliphatic heterocycles. The van der Waals surface area contributed by atoms with Gasteiger partial charge < -0.3 is 14.8 Å². The van der Waals surface area contributed by atoms with Crippen molar-refractivity contribution < 1.29 is 17.9 Å². The smallest absolute Gasteiger partial charge is 0.161 e. The molecule has 1 aromatic carbocycles. The largest absolute Gasteiger partial charge is 0.490 e. The number of nitrogens with one attached hydrogen (secondary N) is 1. The van der Waals surface area contributed by atoms with Gasteiger partial charge in [0.2, 0.25) is 0 Å². The number of fused-ring (bicyclic) bond motifs is 1. The van der Waals surface area contributed by atoms with Crippen molar-refractivity contribution in [2.75, 3.05) is 24.7 Å². The van der Waals surface area contributed by atoms with Crippen LogP contribution in [0.4, 0.5) is 0 Å². The van der Waals surface area contributed by atoms with Gasteiger partial charge in [-0.3, -0.25) is 4.68 Å². The van der Waals surface area contributed by atoms with Crippen LogP contribution in [0.3, 0.4) is 0 Å². The Bertz CT molecular complexity index is 938. The maximum absolute atomic E-state index is 11.8. The van der Waals surface area contributed by atoms with Crippen LogP contribution in [0.5, 0.6) is 11.5 Å². The van der Waals surface area contributed by atoms with Gasteiger partial charge in [0.25, 0.3) is 0 Å². The third-order valence-electron chi connectivity index (χ3n) is 5.12. The summed E-state index contributed by atoms with van der Waals surface area (Å²) >= 11 is 0. The zero-order chi connectivity index (χ0) is 19.0. The van der Waals surface area contributed by atoms with Gasteiger partial charge in [-0.1, -0.05) is 6.92 Å². The normalized spacial score (nSPS) is 23.9. The number of benzene rings is 1. The molecule has 8 heteroatoms. The summed E-state index contributed by atoms with van der Waals surface area (Å²) in [6.45, 7) is 3.85. The van der Waals surface area contributed by atoms with Crippen molar-refractivity contribution in [2.24, 2.45) is 13.0 Å². The van der Waals surface area contributed by atoms with Crippen LogP contribution in [0.25, 0.3) is 11.3 Å². The SMILES string of the molecule is C[C@H]1CS(=O)(=O)C[C@H]1NCc1cn(C)nc1-c1ccc2c(c1)OCCCO2. The summed E-state index contributed by atoms with van der Waals surface area (Å²) < 4.78 is 37.0. The minimum atomic E-state index is -2.93. The van der Waals surface area contributed by atoms with E-state index < -0.39 is 9.84 Å². The molecule has 0 bridgehead atoms. The number of aryl methyl sites for hydroxylation is 1. The Morgan fingerprint density at radius 1 is 1.22 bits per heavy atom. The van der Waals surface area contributed by atoms with E-state index in [-0.39, 0.29) is 23.5 Å². The molecule has 0 saturated carbocycles. The number of aromatic nitrogens is 2. The second-order valence-electron chi connectivity index (χ2n) is 7.43. The molecule has 0 aliphatic carbocycles. The molecule has 27 heavy (non-hydrogen) atoms. The van der Waals surface area contributed by atoms with Crippen molar-refractivity contribution in [1.29, 1.82) is 0 Å². The van der Waals surface area contributed by atoms with Gasteiger partial charge in [-0.15, -0.1) is 0 Å². The summed E-state index contributed by atoms with van der Waals surface area (Å²) in [7, 11) is -1.05. The minimum Gasteiger partial charge on any atom is -0.490 e. The quantitative estimate of drug-likeness (QED) is 0.855. The van der Waals surface area contributed by atoms with Gasteiger partial charge in [-0.2, -0.15) is 5.10 Å². The first-order chi connectivity index (χ1) is 12.9. The highest BCUT2D eigenvalue weighted by molar-refractivity contribution is 7.91. The van der Waals surface area contributed by atoms with E-state index in [1.165, 1.54) is 0 Å². The minimum absolute atomic E-state index is 0.0214. The third kappa shape index (κ3) is 3.96. The van der Waals surface area contributed by atoms with Crippen LogP contribution in [0.15, 0.2) is 24.4 Å². The third-order valence-corrected chi connectivity index (χ3v) is 7.02. The number of hydrogen-bond donors (Lipinski definition) is 1. The first-order valence-corrected chi connectivity index (χ1v) is 11.1. The average Bonchev–Trinajstić information content (AvgIpc) is 2.99. The summed E-state index contributed by atoms with van der Waals surface area (Å²) in [4.78, 5) is 0. The Morgan fingerprint density at radius 3 is 2.74 bits per heavy atom. The van der Waals surface area contributed by atoms with Crippen molar-refractivity contribution in [3.63, 3.8) is 0 Å². The van der Waals surface area contributed by atoms with E-state index in [2.05, 4.69) is 10.4 Å². The number of nitrogens with zero attached hydrogens (tertiary/aromatic N) is 2. The maximum Gasteiger partial charge on any atom is 0.161 e. The molecule has 2 atom stereocenters. The van der Waals surface area contributed by atoms with Crippen molar-refractivity contribution in [1.82, 2.24) is 15.1 Å². The molecule has 2 aromatic rings. The highest BCUT2D eigenvalue weighted by Crippen LogP contribution is 2.34. The van der Waals surface area contributed by atoms with Gasteiger partial charge in [0.1, 0.15) is 0 Å². The molecule has 3 heterocycles. The lowest BCUT2D eigenvalue weighted by Gasteiger charge is -2.15. The zero-order valence-corrected chi connectivity index (χ0v) is 16.5. The lowest BCUT2D eigenvalue weighted by Crippen LogP contribution is -2.34. The second kappa shape index (κ2) is 7.16. The van der Waals surface area contributed by atoms with E-state index in [4.69, 9.17) is 9.47 Å². The Morgan fingerprint density at radius 2 is 2.00 bits per heavy atom. The van der Waals surface area contributed by atoms with Crippen molar-refractivity contribution >= 4 is 9.84 Å². The van der Waals surface area contributed by atoms with Gasteiger partial charge in [0, 0.05) is 43.4 Å². The molecule has 1 fully saturated rings. The number of rotatable bonds is 4. The summed E-state index contributed by atoms with van der Waals surface area (Å²) in [6.07, 6.45) is 2.84. The molecule has 1 aromatic heterocycles. The van der Waals surface area contributed by atoms with Gasteiger partial charge in [0.05, 0.1) is 30.4 Å². The predicted octanol–water partition coefficient (Wildman–Crippen LogP) is 1.77. The van der Waals surface area contributed by atoms with Crippen molar-refractivity contribution in [2.45, 2.75) is 25.9 Å². The van der Waals surface area contributed by atoms with E-state index in [1.807, 2.05) is 38.4 Å². The summed E-state index contributed by atoms with van der Waals surface area (Å²) in [5, 5.41) is 8.02. The van der Waals surface area contributed by atoms with E-state index in [0.717, 1.165) is 34.7 Å². The Labute approximate surface area is 159 Å².